The Morgan fingerprint density at radius 3 is 2.85 bits per heavy atom. The molecule has 1 aromatic heterocycles. The summed E-state index contributed by atoms with van der Waals surface area (Å²) in [5.74, 6) is -1.11. The van der Waals surface area contributed by atoms with Crippen LogP contribution in [0.2, 0.25) is 0 Å². The second-order valence-corrected chi connectivity index (χ2v) is 6.69. The molecule has 0 fully saturated rings. The van der Waals surface area contributed by atoms with E-state index in [0.29, 0.717) is 18.7 Å². The Hall–Kier alpha value is -1.43. The van der Waals surface area contributed by atoms with E-state index in [-0.39, 0.29) is 5.91 Å². The first-order valence-corrected chi connectivity index (χ1v) is 7.24. The lowest BCUT2D eigenvalue weighted by Crippen LogP contribution is -2.35. The minimum atomic E-state index is -0.790. The number of pyridine rings is 1. The minimum absolute atomic E-state index is 0.354. The first kappa shape index (κ1) is 15.0. The summed E-state index contributed by atoms with van der Waals surface area (Å²) >= 11 is 3.35. The van der Waals surface area contributed by atoms with E-state index in [1.165, 1.54) is 0 Å². The summed E-state index contributed by atoms with van der Waals surface area (Å²) in [4.78, 5) is 28.4. The molecule has 1 aliphatic heterocycles. The highest BCUT2D eigenvalue weighted by molar-refractivity contribution is 9.10. The third-order valence-corrected chi connectivity index (χ3v) is 3.32. The average molecular weight is 341 g/mol. The van der Waals surface area contributed by atoms with Crippen molar-refractivity contribution in [1.82, 2.24) is 4.98 Å². The molecule has 20 heavy (non-hydrogen) atoms. The lowest BCUT2D eigenvalue weighted by molar-refractivity contribution is -0.161. The van der Waals surface area contributed by atoms with Crippen LogP contribution in [-0.4, -0.2) is 22.5 Å². The fourth-order valence-electron chi connectivity index (χ4n) is 2.02. The monoisotopic (exact) mass is 340 g/mol. The van der Waals surface area contributed by atoms with Crippen molar-refractivity contribution in [3.05, 3.63) is 22.3 Å². The van der Waals surface area contributed by atoms with Gasteiger partial charge in [-0.1, -0.05) is 0 Å². The van der Waals surface area contributed by atoms with Crippen molar-refractivity contribution >= 4 is 33.6 Å². The standard InChI is InChI=1S/C14H17BrN2O3/c1-14(2,3)20-13(19)10-5-4-8-6-9(15)7-16-11(8)17-12(10)18/h6-7,10H,4-5H2,1-3H3,(H,16,17,18). The Bertz CT molecular complexity index is 552. The van der Waals surface area contributed by atoms with Crippen LogP contribution < -0.4 is 5.32 Å². The number of nitrogens with one attached hydrogen (secondary N) is 1. The molecule has 1 amide bonds. The van der Waals surface area contributed by atoms with Crippen LogP contribution in [0, 0.1) is 5.92 Å². The van der Waals surface area contributed by atoms with Crippen LogP contribution in [-0.2, 0) is 20.7 Å². The number of hydrogen-bond acceptors (Lipinski definition) is 4. The largest absolute Gasteiger partial charge is 0.459 e. The van der Waals surface area contributed by atoms with Crippen LogP contribution in [0.4, 0.5) is 5.82 Å². The number of carbonyl (C=O) groups excluding carboxylic acids is 2. The van der Waals surface area contributed by atoms with Gasteiger partial charge in [0.1, 0.15) is 17.3 Å². The zero-order chi connectivity index (χ0) is 14.9. The van der Waals surface area contributed by atoms with Gasteiger partial charge in [0.15, 0.2) is 0 Å². The van der Waals surface area contributed by atoms with Gasteiger partial charge in [-0.25, -0.2) is 4.98 Å². The van der Waals surface area contributed by atoms with E-state index in [1.54, 1.807) is 27.0 Å². The van der Waals surface area contributed by atoms with Crippen LogP contribution in [0.5, 0.6) is 0 Å². The fraction of sp³-hybridized carbons (Fsp3) is 0.500. The SMILES string of the molecule is CC(C)(C)OC(=O)C1CCc2cc(Br)cnc2NC1=O. The summed E-state index contributed by atoms with van der Waals surface area (Å²) in [7, 11) is 0. The normalized spacial score (nSPS) is 18.8. The van der Waals surface area contributed by atoms with Gasteiger partial charge < -0.3 is 10.1 Å². The molecule has 0 bridgehead atoms. The molecule has 0 saturated carbocycles. The molecule has 5 nitrogen and oxygen atoms in total. The summed E-state index contributed by atoms with van der Waals surface area (Å²) in [5, 5.41) is 2.69. The van der Waals surface area contributed by atoms with Crippen molar-refractivity contribution in [2.45, 2.75) is 39.2 Å². The molecule has 108 valence electrons. The number of esters is 1. The maximum absolute atomic E-state index is 12.1. The lowest BCUT2D eigenvalue weighted by Gasteiger charge is -2.22. The minimum Gasteiger partial charge on any atom is -0.459 e. The van der Waals surface area contributed by atoms with Gasteiger partial charge in [0.25, 0.3) is 0 Å². The van der Waals surface area contributed by atoms with Crippen molar-refractivity contribution in [2.75, 3.05) is 5.32 Å². The summed E-state index contributed by atoms with van der Waals surface area (Å²) in [6, 6.07) is 1.90. The smallest absolute Gasteiger partial charge is 0.319 e. The van der Waals surface area contributed by atoms with E-state index in [2.05, 4.69) is 26.2 Å². The molecule has 2 rings (SSSR count). The zero-order valence-corrected chi connectivity index (χ0v) is 13.3. The molecule has 0 radical (unpaired) electrons. The number of amides is 1. The predicted octanol–water partition coefficient (Wildman–Crippen LogP) is 2.69. The molecule has 0 aliphatic carbocycles. The molecule has 1 N–H and O–H groups in total. The Morgan fingerprint density at radius 2 is 2.20 bits per heavy atom. The fourth-order valence-corrected chi connectivity index (χ4v) is 2.40. The van der Waals surface area contributed by atoms with Crippen LogP contribution in [0.25, 0.3) is 0 Å². The molecular formula is C14H17BrN2O3. The van der Waals surface area contributed by atoms with E-state index in [4.69, 9.17) is 4.74 Å². The molecule has 0 spiro atoms. The summed E-state index contributed by atoms with van der Waals surface area (Å²) in [6.45, 7) is 5.35. The van der Waals surface area contributed by atoms with E-state index >= 15 is 0 Å². The van der Waals surface area contributed by atoms with E-state index in [1.807, 2.05) is 6.07 Å². The molecule has 6 heteroatoms. The molecule has 1 aromatic rings. The third kappa shape index (κ3) is 3.56. The van der Waals surface area contributed by atoms with Crippen molar-refractivity contribution in [3.8, 4) is 0 Å². The average Bonchev–Trinajstić information content (AvgIpc) is 2.45. The quantitative estimate of drug-likeness (QED) is 0.630. The van der Waals surface area contributed by atoms with Crippen LogP contribution in [0.15, 0.2) is 16.7 Å². The van der Waals surface area contributed by atoms with Crippen molar-refractivity contribution in [2.24, 2.45) is 5.92 Å². The number of ether oxygens (including phenoxy) is 1. The maximum atomic E-state index is 12.1. The summed E-state index contributed by atoms with van der Waals surface area (Å²) in [5.41, 5.74) is 0.316. The molecule has 1 aliphatic rings. The number of aryl methyl sites for hydroxylation is 1. The Morgan fingerprint density at radius 1 is 1.50 bits per heavy atom. The highest BCUT2D eigenvalue weighted by Gasteiger charge is 2.33. The highest BCUT2D eigenvalue weighted by atomic mass is 79.9. The van der Waals surface area contributed by atoms with Gasteiger partial charge in [-0.3, -0.25) is 9.59 Å². The Balaban J connectivity index is 2.17. The topological polar surface area (TPSA) is 68.3 Å². The van der Waals surface area contributed by atoms with Gasteiger partial charge in [0.2, 0.25) is 5.91 Å². The molecule has 0 saturated heterocycles. The number of rotatable bonds is 1. The predicted molar refractivity (Wildman–Crippen MR) is 78.2 cm³/mol. The molecule has 1 unspecified atom stereocenters. The zero-order valence-electron chi connectivity index (χ0n) is 11.7. The number of carbonyl (C=O) groups is 2. The Labute approximate surface area is 126 Å². The van der Waals surface area contributed by atoms with Gasteiger partial charge >= 0.3 is 5.97 Å². The first-order chi connectivity index (χ1) is 9.26. The van der Waals surface area contributed by atoms with E-state index in [0.717, 1.165) is 10.0 Å². The van der Waals surface area contributed by atoms with Crippen molar-refractivity contribution in [3.63, 3.8) is 0 Å². The highest BCUT2D eigenvalue weighted by Crippen LogP contribution is 2.26. The van der Waals surface area contributed by atoms with Gasteiger partial charge in [0, 0.05) is 10.7 Å². The number of anilines is 1. The van der Waals surface area contributed by atoms with Crippen LogP contribution in [0.3, 0.4) is 0 Å². The number of nitrogens with zero attached hydrogens (tertiary/aromatic N) is 1. The van der Waals surface area contributed by atoms with Crippen molar-refractivity contribution < 1.29 is 14.3 Å². The van der Waals surface area contributed by atoms with Gasteiger partial charge in [-0.2, -0.15) is 0 Å². The van der Waals surface area contributed by atoms with Crippen LogP contribution >= 0.6 is 15.9 Å². The maximum Gasteiger partial charge on any atom is 0.319 e. The molecule has 0 aromatic carbocycles. The summed E-state index contributed by atoms with van der Waals surface area (Å²) < 4.78 is 6.14. The van der Waals surface area contributed by atoms with E-state index in [9.17, 15) is 9.59 Å². The molecule has 2 heterocycles. The second kappa shape index (κ2) is 5.52. The van der Waals surface area contributed by atoms with Gasteiger partial charge in [0.05, 0.1) is 0 Å². The number of fused-ring (bicyclic) bond motifs is 1. The molecule has 1 atom stereocenters. The van der Waals surface area contributed by atoms with Gasteiger partial charge in [-0.15, -0.1) is 0 Å². The number of hydrogen-bond donors (Lipinski definition) is 1. The first-order valence-electron chi connectivity index (χ1n) is 6.44. The number of halogens is 1. The van der Waals surface area contributed by atoms with E-state index < -0.39 is 17.5 Å². The van der Waals surface area contributed by atoms with Crippen molar-refractivity contribution in [1.29, 1.82) is 0 Å². The molecular weight excluding hydrogens is 324 g/mol. The lowest BCUT2D eigenvalue weighted by atomic mass is 10.0. The second-order valence-electron chi connectivity index (χ2n) is 5.78. The third-order valence-electron chi connectivity index (χ3n) is 2.89. The summed E-state index contributed by atoms with van der Waals surface area (Å²) in [6.07, 6.45) is 2.64. The number of aromatic nitrogens is 1. The van der Waals surface area contributed by atoms with Crippen LogP contribution in [0.1, 0.15) is 32.8 Å². The Kier molecular flexibility index (Phi) is 4.13. The van der Waals surface area contributed by atoms with Gasteiger partial charge in [-0.05, 0) is 61.2 Å².